The van der Waals surface area contributed by atoms with Gasteiger partial charge in [-0.1, -0.05) is 30.3 Å². The molecule has 1 amide bonds. The largest absolute Gasteiger partial charge is 0.489 e. The Balaban J connectivity index is 1.50. The lowest BCUT2D eigenvalue weighted by Gasteiger charge is -2.09. The highest BCUT2D eigenvalue weighted by Crippen LogP contribution is 2.37. The molecular formula is C26H20FN3O2S. The third kappa shape index (κ3) is 5.11. The zero-order valence-corrected chi connectivity index (χ0v) is 18.5. The number of aryl methyl sites for hydroxylation is 1. The van der Waals surface area contributed by atoms with Gasteiger partial charge in [-0.3, -0.25) is 4.79 Å². The van der Waals surface area contributed by atoms with Crippen molar-refractivity contribution in [1.29, 1.82) is 10.5 Å². The molecular weight excluding hydrogens is 437 g/mol. The van der Waals surface area contributed by atoms with Crippen LogP contribution in [0.3, 0.4) is 0 Å². The number of benzene rings is 2. The lowest BCUT2D eigenvalue weighted by Crippen LogP contribution is -2.13. The smallest absolute Gasteiger partial charge is 0.266 e. The van der Waals surface area contributed by atoms with Crippen molar-refractivity contribution in [1.82, 2.24) is 0 Å². The number of carbonyl (C=O) groups excluding carboxylic acids is 1. The Morgan fingerprint density at radius 2 is 1.97 bits per heavy atom. The van der Waals surface area contributed by atoms with Gasteiger partial charge in [0.05, 0.1) is 5.56 Å². The number of anilines is 1. The molecule has 4 rings (SSSR count). The Kier molecular flexibility index (Phi) is 6.83. The summed E-state index contributed by atoms with van der Waals surface area (Å²) in [6.07, 6.45) is 5.32. The highest BCUT2D eigenvalue weighted by Gasteiger charge is 2.22. The maximum absolute atomic E-state index is 13.8. The van der Waals surface area contributed by atoms with Gasteiger partial charge in [-0.15, -0.1) is 11.3 Å². The molecule has 0 atom stereocenters. The first-order chi connectivity index (χ1) is 16.1. The molecule has 1 heterocycles. The summed E-state index contributed by atoms with van der Waals surface area (Å²) < 4.78 is 19.5. The monoisotopic (exact) mass is 457 g/mol. The number of nitrogens with zero attached hydrogens (tertiary/aromatic N) is 2. The van der Waals surface area contributed by atoms with Crippen LogP contribution in [-0.2, 0) is 24.2 Å². The number of ether oxygens (including phenoxy) is 1. The second kappa shape index (κ2) is 10.1. The molecule has 2 aromatic carbocycles. The molecule has 0 saturated heterocycles. The highest BCUT2D eigenvalue weighted by molar-refractivity contribution is 7.16. The van der Waals surface area contributed by atoms with E-state index in [1.807, 2.05) is 6.07 Å². The van der Waals surface area contributed by atoms with Crippen LogP contribution in [0, 0.1) is 28.5 Å². The van der Waals surface area contributed by atoms with E-state index in [1.165, 1.54) is 23.5 Å². The summed E-state index contributed by atoms with van der Waals surface area (Å²) in [6.45, 7) is 0.0609. The summed E-state index contributed by atoms with van der Waals surface area (Å²) in [5, 5.41) is 22.4. The molecule has 3 aromatic rings. The number of amides is 1. The van der Waals surface area contributed by atoms with Crippen LogP contribution in [0.25, 0.3) is 6.08 Å². The summed E-state index contributed by atoms with van der Waals surface area (Å²) >= 11 is 1.42. The van der Waals surface area contributed by atoms with Crippen molar-refractivity contribution in [3.05, 3.63) is 87.1 Å². The van der Waals surface area contributed by atoms with Crippen LogP contribution >= 0.6 is 11.3 Å². The number of thiophene rings is 1. The second-order valence-corrected chi connectivity index (χ2v) is 8.71. The van der Waals surface area contributed by atoms with Crippen LogP contribution in [0.1, 0.15) is 40.0 Å². The van der Waals surface area contributed by atoms with Crippen LogP contribution in [-0.4, -0.2) is 5.91 Å². The molecule has 1 N–H and O–H groups in total. The van der Waals surface area contributed by atoms with Gasteiger partial charge in [0.1, 0.15) is 40.9 Å². The van der Waals surface area contributed by atoms with E-state index in [4.69, 9.17) is 4.74 Å². The van der Waals surface area contributed by atoms with E-state index >= 15 is 0 Å². The molecule has 1 aromatic heterocycles. The minimum Gasteiger partial charge on any atom is -0.489 e. The van der Waals surface area contributed by atoms with Gasteiger partial charge in [0.25, 0.3) is 5.91 Å². The summed E-state index contributed by atoms with van der Waals surface area (Å²) in [7, 11) is 0. The lowest BCUT2D eigenvalue weighted by molar-refractivity contribution is -0.112. The second-order valence-electron chi connectivity index (χ2n) is 7.60. The summed E-state index contributed by atoms with van der Waals surface area (Å²) in [5.74, 6) is -0.420. The fourth-order valence-corrected chi connectivity index (χ4v) is 4.96. The molecule has 33 heavy (non-hydrogen) atoms. The first-order valence-electron chi connectivity index (χ1n) is 10.5. The normalized spacial score (nSPS) is 12.9. The first-order valence-corrected chi connectivity index (χ1v) is 11.3. The number of halogens is 1. The molecule has 0 fully saturated rings. The van der Waals surface area contributed by atoms with E-state index in [1.54, 1.807) is 42.5 Å². The topological polar surface area (TPSA) is 85.9 Å². The average Bonchev–Trinajstić information content (AvgIpc) is 3.19. The maximum Gasteiger partial charge on any atom is 0.266 e. The third-order valence-corrected chi connectivity index (χ3v) is 6.60. The predicted molar refractivity (Wildman–Crippen MR) is 125 cm³/mol. The summed E-state index contributed by atoms with van der Waals surface area (Å²) in [5.41, 5.74) is 2.47. The van der Waals surface area contributed by atoms with Crippen molar-refractivity contribution in [2.45, 2.75) is 32.3 Å². The molecule has 1 aliphatic carbocycles. The quantitative estimate of drug-likeness (QED) is 0.376. The SMILES string of the molecule is N#C/C(=C\c1cccc(OCc2ccccc2F)c1)C(=O)Nc1sc2c(c1C#N)CCCC2. The maximum atomic E-state index is 13.8. The predicted octanol–water partition coefficient (Wildman–Crippen LogP) is 5.76. The Hall–Kier alpha value is -3.94. The van der Waals surface area contributed by atoms with Gasteiger partial charge in [-0.25, -0.2) is 4.39 Å². The molecule has 0 unspecified atom stereocenters. The van der Waals surface area contributed by atoms with Crippen LogP contribution in [0.15, 0.2) is 54.1 Å². The van der Waals surface area contributed by atoms with E-state index in [2.05, 4.69) is 11.4 Å². The van der Waals surface area contributed by atoms with E-state index < -0.39 is 5.91 Å². The van der Waals surface area contributed by atoms with Gasteiger partial charge >= 0.3 is 0 Å². The molecule has 5 nitrogen and oxygen atoms in total. The minimum atomic E-state index is -0.565. The standard InChI is InChI=1S/C26H20FN3O2S/c27-23-10-3-1-7-18(23)16-32-20-8-5-6-17(13-20)12-19(14-28)25(31)30-26-22(15-29)21-9-2-4-11-24(21)33-26/h1,3,5-8,10,12-13H,2,4,9,11,16H2,(H,30,31)/b19-12+. The number of hydrogen-bond donors (Lipinski definition) is 1. The van der Waals surface area contributed by atoms with Crippen LogP contribution < -0.4 is 10.1 Å². The summed E-state index contributed by atoms with van der Waals surface area (Å²) in [6, 6.07) is 17.4. The molecule has 7 heteroatoms. The first kappa shape index (κ1) is 22.3. The van der Waals surface area contributed by atoms with E-state index in [9.17, 15) is 19.7 Å². The lowest BCUT2D eigenvalue weighted by atomic mass is 9.96. The fourth-order valence-electron chi connectivity index (χ4n) is 3.73. The third-order valence-electron chi connectivity index (χ3n) is 5.40. The molecule has 0 radical (unpaired) electrons. The number of fused-ring (bicyclic) bond motifs is 1. The van der Waals surface area contributed by atoms with Crippen molar-refractivity contribution < 1.29 is 13.9 Å². The molecule has 164 valence electrons. The Morgan fingerprint density at radius 3 is 2.76 bits per heavy atom. The van der Waals surface area contributed by atoms with E-state index in [0.717, 1.165) is 36.1 Å². The van der Waals surface area contributed by atoms with Crippen LogP contribution in [0.4, 0.5) is 9.39 Å². The minimum absolute atomic E-state index is 0.0609. The molecule has 0 saturated carbocycles. The molecule has 1 aliphatic rings. The van der Waals surface area contributed by atoms with Gasteiger partial charge in [-0.05, 0) is 61.1 Å². The highest BCUT2D eigenvalue weighted by atomic mass is 32.1. The van der Waals surface area contributed by atoms with Crippen molar-refractivity contribution in [3.63, 3.8) is 0 Å². The Labute approximate surface area is 195 Å². The van der Waals surface area contributed by atoms with Crippen molar-refractivity contribution in [2.24, 2.45) is 0 Å². The number of carbonyl (C=O) groups is 1. The molecule has 0 spiro atoms. The fraction of sp³-hybridized carbons (Fsp3) is 0.192. The number of hydrogen-bond acceptors (Lipinski definition) is 5. The zero-order valence-electron chi connectivity index (χ0n) is 17.7. The summed E-state index contributed by atoms with van der Waals surface area (Å²) in [4.78, 5) is 13.9. The van der Waals surface area contributed by atoms with Crippen molar-refractivity contribution >= 4 is 28.3 Å². The number of nitriles is 2. The van der Waals surface area contributed by atoms with Crippen LogP contribution in [0.5, 0.6) is 5.75 Å². The Morgan fingerprint density at radius 1 is 1.15 bits per heavy atom. The van der Waals surface area contributed by atoms with E-state index in [-0.39, 0.29) is 18.0 Å². The molecule has 0 bridgehead atoms. The molecule has 0 aliphatic heterocycles. The van der Waals surface area contributed by atoms with Gasteiger partial charge in [0, 0.05) is 10.4 Å². The average molecular weight is 458 g/mol. The van der Waals surface area contributed by atoms with Crippen molar-refractivity contribution in [2.75, 3.05) is 5.32 Å². The van der Waals surface area contributed by atoms with Crippen LogP contribution in [0.2, 0.25) is 0 Å². The van der Waals surface area contributed by atoms with Gasteiger partial charge in [0.15, 0.2) is 0 Å². The number of nitrogens with one attached hydrogen (secondary N) is 1. The van der Waals surface area contributed by atoms with Gasteiger partial charge in [0.2, 0.25) is 0 Å². The van der Waals surface area contributed by atoms with Gasteiger partial charge in [-0.2, -0.15) is 10.5 Å². The van der Waals surface area contributed by atoms with Gasteiger partial charge < -0.3 is 10.1 Å². The van der Waals surface area contributed by atoms with E-state index in [0.29, 0.717) is 27.4 Å². The number of rotatable bonds is 6. The Bertz CT molecular complexity index is 1310. The zero-order chi connectivity index (χ0) is 23.2. The van der Waals surface area contributed by atoms with Crippen molar-refractivity contribution in [3.8, 4) is 17.9 Å².